The first-order chi connectivity index (χ1) is 18.2. The van der Waals surface area contributed by atoms with Gasteiger partial charge in [-0.15, -0.1) is 13.2 Å². The molecule has 10 nitrogen and oxygen atoms in total. The molecule has 0 radical (unpaired) electrons. The molecule has 2 heterocycles. The van der Waals surface area contributed by atoms with Gasteiger partial charge in [0.2, 0.25) is 10.0 Å². The van der Waals surface area contributed by atoms with Crippen molar-refractivity contribution in [2.75, 3.05) is 30.8 Å². The van der Waals surface area contributed by atoms with Gasteiger partial charge in [-0.1, -0.05) is 18.2 Å². The Kier molecular flexibility index (Phi) is 7.63. The smallest absolute Gasteiger partial charge is 0.465 e. The Morgan fingerprint density at radius 3 is 2.51 bits per heavy atom. The van der Waals surface area contributed by atoms with Gasteiger partial charge in [-0.25, -0.2) is 17.5 Å². The summed E-state index contributed by atoms with van der Waals surface area (Å²) in [7, 11) is -2.25. The molecular formula is C25H27F3N4O6S. The number of sulfonamides is 1. The fourth-order valence-corrected chi connectivity index (χ4v) is 6.09. The van der Waals surface area contributed by atoms with Crippen molar-refractivity contribution in [1.82, 2.24) is 9.62 Å². The van der Waals surface area contributed by atoms with Crippen LogP contribution in [0.15, 0.2) is 47.5 Å². The number of nitrogens with zero attached hydrogens (tertiary/aromatic N) is 3. The third-order valence-corrected chi connectivity index (χ3v) is 8.77. The summed E-state index contributed by atoms with van der Waals surface area (Å²) in [4.78, 5) is 29.5. The molecule has 0 unspecified atom stereocenters. The molecule has 1 fully saturated rings. The highest BCUT2D eigenvalue weighted by Crippen LogP contribution is 2.33. The van der Waals surface area contributed by atoms with Crippen molar-refractivity contribution in [2.45, 2.75) is 38.1 Å². The molecule has 2 aromatic carbocycles. The van der Waals surface area contributed by atoms with Crippen LogP contribution in [0.1, 0.15) is 29.5 Å². The second kappa shape index (κ2) is 10.5. The molecule has 2 N–H and O–H groups in total. The van der Waals surface area contributed by atoms with Crippen molar-refractivity contribution in [3.8, 4) is 5.75 Å². The van der Waals surface area contributed by atoms with Gasteiger partial charge in [-0.05, 0) is 61.6 Å². The number of aliphatic imine (C=N–C) groups is 1. The lowest BCUT2D eigenvalue weighted by Gasteiger charge is -2.34. The van der Waals surface area contributed by atoms with Crippen LogP contribution in [0, 0.1) is 6.92 Å². The molecule has 0 atom stereocenters. The number of ether oxygens (including phenoxy) is 1. The molecule has 0 aromatic heterocycles. The average Bonchev–Trinajstić information content (AvgIpc) is 3.17. The number of alkyl halides is 3. The average molecular weight is 569 g/mol. The molecule has 14 heteroatoms. The van der Waals surface area contributed by atoms with Gasteiger partial charge >= 0.3 is 12.5 Å². The van der Waals surface area contributed by atoms with Crippen molar-refractivity contribution in [1.29, 1.82) is 0 Å². The number of aryl methyl sites for hydroxylation is 2. The van der Waals surface area contributed by atoms with Crippen LogP contribution in [-0.4, -0.2) is 73.5 Å². The second-order valence-electron chi connectivity index (χ2n) is 9.44. The van der Waals surface area contributed by atoms with Gasteiger partial charge in [-0.2, -0.15) is 0 Å². The summed E-state index contributed by atoms with van der Waals surface area (Å²) in [6.45, 7) is 1.90. The molecule has 1 saturated heterocycles. The number of benzene rings is 2. The minimum absolute atomic E-state index is 0.0606. The van der Waals surface area contributed by atoms with Crippen molar-refractivity contribution < 1.29 is 41.0 Å². The number of nitrogens with one attached hydrogen (secondary N) is 1. The van der Waals surface area contributed by atoms with E-state index in [0.29, 0.717) is 5.69 Å². The molecule has 2 amide bonds. The summed E-state index contributed by atoms with van der Waals surface area (Å²) in [5.74, 6) is -0.936. The van der Waals surface area contributed by atoms with E-state index in [1.807, 2.05) is 0 Å². The lowest BCUT2D eigenvalue weighted by Crippen LogP contribution is -2.50. The molecule has 2 aromatic rings. The zero-order chi connectivity index (χ0) is 28.6. The van der Waals surface area contributed by atoms with Crippen LogP contribution in [0.5, 0.6) is 5.75 Å². The van der Waals surface area contributed by atoms with Gasteiger partial charge in [-0.3, -0.25) is 14.7 Å². The van der Waals surface area contributed by atoms with Gasteiger partial charge in [0.25, 0.3) is 5.91 Å². The van der Waals surface area contributed by atoms with Crippen LogP contribution in [-0.2, 0) is 21.2 Å². The quantitative estimate of drug-likeness (QED) is 0.528. The molecular weight excluding hydrogens is 541 g/mol. The number of anilines is 1. The maximum atomic E-state index is 13.1. The largest absolute Gasteiger partial charge is 0.573 e. The number of halogens is 3. The molecule has 0 saturated carbocycles. The number of rotatable bonds is 7. The molecule has 2 aliphatic heterocycles. The number of hydrogen-bond acceptors (Lipinski definition) is 6. The van der Waals surface area contributed by atoms with Crippen LogP contribution in [0.3, 0.4) is 0 Å². The van der Waals surface area contributed by atoms with Gasteiger partial charge in [0.1, 0.15) is 17.1 Å². The molecule has 1 spiro atoms. The van der Waals surface area contributed by atoms with Gasteiger partial charge in [0, 0.05) is 31.4 Å². The summed E-state index contributed by atoms with van der Waals surface area (Å²) in [5, 5.41) is 11.7. The summed E-state index contributed by atoms with van der Waals surface area (Å²) in [5.41, 5.74) is 1.05. The van der Waals surface area contributed by atoms with Crippen LogP contribution >= 0.6 is 0 Å². The maximum absolute atomic E-state index is 13.1. The third kappa shape index (κ3) is 6.33. The Morgan fingerprint density at radius 2 is 1.90 bits per heavy atom. The van der Waals surface area contributed by atoms with E-state index < -0.39 is 39.7 Å². The monoisotopic (exact) mass is 568 g/mol. The summed E-state index contributed by atoms with van der Waals surface area (Å²) >= 11 is 0. The van der Waals surface area contributed by atoms with Crippen LogP contribution in [0.2, 0.25) is 0 Å². The van der Waals surface area contributed by atoms with Crippen molar-refractivity contribution in [3.63, 3.8) is 0 Å². The number of hydrogen-bond donors (Lipinski definition) is 2. The molecule has 4 rings (SSSR count). The number of amides is 2. The minimum Gasteiger partial charge on any atom is -0.465 e. The number of piperidine rings is 1. The highest BCUT2D eigenvalue weighted by atomic mass is 32.2. The molecule has 0 aliphatic carbocycles. The Hall–Kier alpha value is -3.65. The lowest BCUT2D eigenvalue weighted by atomic mass is 9.89. The molecule has 210 valence electrons. The normalized spacial score (nSPS) is 17.6. The zero-order valence-corrected chi connectivity index (χ0v) is 22.0. The standard InChI is InChI=1S/C25H27F3N4O6S/c1-16-14-19(31(2)23(34)35)7-6-17(16)8-13-39(36,37)32-11-9-24(10-12-32)22(33)29-21(30-24)18-4-3-5-20(15-18)38-25(26,27)28/h3-7,14-15H,8-13H2,1-2H3,(H,34,35)(H,29,30,33). The first-order valence-corrected chi connectivity index (χ1v) is 13.6. The summed E-state index contributed by atoms with van der Waals surface area (Å²) in [6, 6.07) is 10.1. The first-order valence-electron chi connectivity index (χ1n) is 12.0. The Morgan fingerprint density at radius 1 is 1.21 bits per heavy atom. The number of carbonyl (C=O) groups is 2. The topological polar surface area (TPSA) is 129 Å². The predicted octanol–water partition coefficient (Wildman–Crippen LogP) is 3.29. The van der Waals surface area contributed by atoms with E-state index in [0.717, 1.165) is 28.2 Å². The first kappa shape index (κ1) is 28.4. The Balaban J connectivity index is 1.40. The summed E-state index contributed by atoms with van der Waals surface area (Å²) < 4.78 is 69.1. The van der Waals surface area contributed by atoms with Gasteiger partial charge < -0.3 is 15.2 Å². The molecule has 2 aliphatic rings. The number of amidine groups is 1. The van der Waals surface area contributed by atoms with E-state index in [4.69, 9.17) is 5.11 Å². The Bertz CT molecular complexity index is 1420. The Labute approximate surface area is 223 Å². The van der Waals surface area contributed by atoms with E-state index in [-0.39, 0.29) is 49.5 Å². The lowest BCUT2D eigenvalue weighted by molar-refractivity contribution is -0.274. The van der Waals surface area contributed by atoms with E-state index >= 15 is 0 Å². The highest BCUT2D eigenvalue weighted by Gasteiger charge is 2.47. The molecule has 39 heavy (non-hydrogen) atoms. The van der Waals surface area contributed by atoms with E-state index in [2.05, 4.69) is 15.0 Å². The van der Waals surface area contributed by atoms with Crippen LogP contribution < -0.4 is 15.0 Å². The highest BCUT2D eigenvalue weighted by molar-refractivity contribution is 7.89. The van der Waals surface area contributed by atoms with Crippen LogP contribution in [0.25, 0.3) is 0 Å². The van der Waals surface area contributed by atoms with E-state index in [9.17, 15) is 31.2 Å². The SMILES string of the molecule is Cc1cc(N(C)C(=O)O)ccc1CCS(=O)(=O)N1CCC2(CC1)N=C(c1cccc(OC(F)(F)F)c1)NC2=O. The zero-order valence-electron chi connectivity index (χ0n) is 21.2. The fourth-order valence-electron chi connectivity index (χ4n) is 4.61. The van der Waals surface area contributed by atoms with Crippen molar-refractivity contribution in [3.05, 3.63) is 59.2 Å². The van der Waals surface area contributed by atoms with Gasteiger partial charge in [0.15, 0.2) is 0 Å². The summed E-state index contributed by atoms with van der Waals surface area (Å²) in [6.07, 6.45) is -5.50. The number of carboxylic acid groups (broad SMARTS) is 1. The second-order valence-corrected chi connectivity index (χ2v) is 11.5. The van der Waals surface area contributed by atoms with Crippen LogP contribution in [0.4, 0.5) is 23.7 Å². The van der Waals surface area contributed by atoms with Gasteiger partial charge in [0.05, 0.1) is 5.75 Å². The van der Waals surface area contributed by atoms with Crippen molar-refractivity contribution in [2.24, 2.45) is 4.99 Å². The maximum Gasteiger partial charge on any atom is 0.573 e. The minimum atomic E-state index is -4.86. The predicted molar refractivity (Wildman–Crippen MR) is 136 cm³/mol. The number of carbonyl (C=O) groups excluding carboxylic acids is 1. The van der Waals surface area contributed by atoms with Crippen molar-refractivity contribution >= 4 is 33.5 Å². The fraction of sp³-hybridized carbons (Fsp3) is 0.400. The van der Waals surface area contributed by atoms with E-state index in [1.165, 1.54) is 23.5 Å². The third-order valence-electron chi connectivity index (χ3n) is 6.89. The molecule has 0 bridgehead atoms. The van der Waals surface area contributed by atoms with E-state index in [1.54, 1.807) is 25.1 Å².